The molecule has 0 aliphatic carbocycles. The van der Waals surface area contributed by atoms with Gasteiger partial charge >= 0.3 is 0 Å². The molecule has 1 aromatic rings. The van der Waals surface area contributed by atoms with Crippen LogP contribution in [-0.2, 0) is 0 Å². The number of hydrogen-bond donors (Lipinski definition) is 2. The Hall–Kier alpha value is -1.75. The van der Waals surface area contributed by atoms with Crippen molar-refractivity contribution < 1.29 is 5.21 Å². The molecule has 0 unspecified atom stereocenters. The van der Waals surface area contributed by atoms with E-state index in [1.54, 1.807) is 0 Å². The van der Waals surface area contributed by atoms with Gasteiger partial charge in [-0.25, -0.2) is 0 Å². The van der Waals surface area contributed by atoms with Gasteiger partial charge in [-0.1, -0.05) is 24.2 Å². The van der Waals surface area contributed by atoms with Gasteiger partial charge in [-0.2, -0.15) is 0 Å². The quantitative estimate of drug-likeness (QED) is 0.346. The van der Waals surface area contributed by atoms with Crippen LogP contribution >= 0.6 is 0 Å². The highest BCUT2D eigenvalue weighted by Gasteiger charge is 2.16. The lowest BCUT2D eigenvalue weighted by molar-refractivity contribution is 0.318. The number of oxime groups is 1. The second-order valence-electron chi connectivity index (χ2n) is 5.25. The van der Waals surface area contributed by atoms with E-state index >= 15 is 0 Å². The molecule has 5 nitrogen and oxygen atoms in total. The van der Waals surface area contributed by atoms with Crippen LogP contribution < -0.4 is 10.6 Å². The van der Waals surface area contributed by atoms with Crippen LogP contribution in [0.25, 0.3) is 0 Å². The average molecular weight is 278 g/mol. The molecule has 5 heteroatoms. The highest BCUT2D eigenvalue weighted by Crippen LogP contribution is 2.25. The number of para-hydroxylation sites is 1. The molecule has 0 spiro atoms. The molecule has 0 aliphatic rings. The molecular weight excluding hydrogens is 252 g/mol. The maximum Gasteiger partial charge on any atom is 0.172 e. The Kier molecular flexibility index (Phi) is 6.31. The number of amidine groups is 1. The van der Waals surface area contributed by atoms with E-state index in [0.717, 1.165) is 42.9 Å². The van der Waals surface area contributed by atoms with Gasteiger partial charge < -0.3 is 20.7 Å². The van der Waals surface area contributed by atoms with Crippen LogP contribution in [0.5, 0.6) is 0 Å². The third kappa shape index (κ3) is 4.13. The van der Waals surface area contributed by atoms with E-state index in [1.807, 2.05) is 12.1 Å². The van der Waals surface area contributed by atoms with Crippen molar-refractivity contribution >= 4 is 11.5 Å². The zero-order valence-corrected chi connectivity index (χ0v) is 12.9. The van der Waals surface area contributed by atoms with E-state index in [-0.39, 0.29) is 5.84 Å². The summed E-state index contributed by atoms with van der Waals surface area (Å²) in [6, 6.07) is 5.89. The summed E-state index contributed by atoms with van der Waals surface area (Å²) in [6.07, 6.45) is 1.05. The summed E-state index contributed by atoms with van der Waals surface area (Å²) in [5, 5.41) is 12.1. The predicted octanol–water partition coefficient (Wildman–Crippen LogP) is 1.87. The van der Waals surface area contributed by atoms with Crippen LogP contribution in [0.2, 0.25) is 0 Å². The molecule has 0 heterocycles. The fraction of sp³-hybridized carbons (Fsp3) is 0.533. The van der Waals surface area contributed by atoms with Gasteiger partial charge in [0.1, 0.15) is 0 Å². The Bertz CT molecular complexity index is 457. The molecule has 0 aliphatic heterocycles. The molecular formula is C15H26N4O. The van der Waals surface area contributed by atoms with Gasteiger partial charge in [-0.15, -0.1) is 0 Å². The second kappa shape index (κ2) is 7.75. The molecule has 1 aromatic carbocycles. The number of anilines is 1. The summed E-state index contributed by atoms with van der Waals surface area (Å²) < 4.78 is 0. The highest BCUT2D eigenvalue weighted by atomic mass is 16.4. The number of nitrogens with zero attached hydrogens (tertiary/aromatic N) is 3. The molecule has 1 rings (SSSR count). The first-order valence-electron chi connectivity index (χ1n) is 6.98. The Morgan fingerprint density at radius 2 is 1.95 bits per heavy atom. The number of aryl methyl sites for hydroxylation is 1. The van der Waals surface area contributed by atoms with Crippen molar-refractivity contribution in [2.45, 2.75) is 20.3 Å². The van der Waals surface area contributed by atoms with Crippen molar-refractivity contribution in [3.63, 3.8) is 0 Å². The maximum absolute atomic E-state index is 8.97. The lowest BCUT2D eigenvalue weighted by Gasteiger charge is -2.29. The standard InChI is InChI=1S/C15H26N4O/c1-5-9-19(11-10-18(3)4)14-12(2)7-6-8-13(14)15(16)17-20/h6-8,20H,5,9-11H2,1-4H3,(H2,16,17). The minimum atomic E-state index is 0.162. The lowest BCUT2D eigenvalue weighted by Crippen LogP contribution is -2.34. The maximum atomic E-state index is 8.97. The number of nitrogens with two attached hydrogens (primary N) is 1. The molecule has 0 bridgehead atoms. The van der Waals surface area contributed by atoms with Gasteiger partial charge in [0.05, 0.1) is 5.69 Å². The number of benzene rings is 1. The smallest absolute Gasteiger partial charge is 0.172 e. The van der Waals surface area contributed by atoms with Crippen LogP contribution in [0.15, 0.2) is 23.4 Å². The van der Waals surface area contributed by atoms with Gasteiger partial charge in [-0.3, -0.25) is 0 Å². The van der Waals surface area contributed by atoms with E-state index in [0.29, 0.717) is 0 Å². The molecule has 0 saturated carbocycles. The van der Waals surface area contributed by atoms with Gasteiger partial charge in [0.25, 0.3) is 0 Å². The topological polar surface area (TPSA) is 65.1 Å². The van der Waals surface area contributed by atoms with Gasteiger partial charge in [0, 0.05) is 25.2 Å². The van der Waals surface area contributed by atoms with E-state index in [1.165, 1.54) is 0 Å². The SMILES string of the molecule is CCCN(CCN(C)C)c1c(C)cccc1/C(N)=N/O. The zero-order chi connectivity index (χ0) is 15.1. The second-order valence-corrected chi connectivity index (χ2v) is 5.25. The van der Waals surface area contributed by atoms with E-state index in [9.17, 15) is 0 Å². The highest BCUT2D eigenvalue weighted by molar-refractivity contribution is 6.02. The Labute approximate surface area is 121 Å². The summed E-state index contributed by atoms with van der Waals surface area (Å²) >= 11 is 0. The van der Waals surface area contributed by atoms with Crippen LogP contribution in [0.4, 0.5) is 5.69 Å². The van der Waals surface area contributed by atoms with Gasteiger partial charge in [-0.05, 0) is 39.1 Å². The van der Waals surface area contributed by atoms with Crippen molar-refractivity contribution in [1.29, 1.82) is 0 Å². The molecule has 0 fully saturated rings. The fourth-order valence-electron chi connectivity index (χ4n) is 2.27. The predicted molar refractivity (Wildman–Crippen MR) is 84.7 cm³/mol. The third-order valence-electron chi connectivity index (χ3n) is 3.25. The van der Waals surface area contributed by atoms with Gasteiger partial charge in [0.2, 0.25) is 0 Å². The summed E-state index contributed by atoms with van der Waals surface area (Å²) in [5.74, 6) is 0.162. The van der Waals surface area contributed by atoms with Crippen molar-refractivity contribution in [1.82, 2.24) is 4.90 Å². The summed E-state index contributed by atoms with van der Waals surface area (Å²) in [7, 11) is 4.12. The van der Waals surface area contributed by atoms with Crippen molar-refractivity contribution in [2.24, 2.45) is 10.9 Å². The summed E-state index contributed by atoms with van der Waals surface area (Å²) in [4.78, 5) is 4.47. The molecule has 0 radical (unpaired) electrons. The molecule has 0 aromatic heterocycles. The number of rotatable bonds is 7. The van der Waals surface area contributed by atoms with E-state index in [2.05, 4.69) is 49.0 Å². The Morgan fingerprint density at radius 1 is 1.25 bits per heavy atom. The Morgan fingerprint density at radius 3 is 2.50 bits per heavy atom. The number of hydrogen-bond acceptors (Lipinski definition) is 4. The molecule has 20 heavy (non-hydrogen) atoms. The van der Waals surface area contributed by atoms with Crippen LogP contribution in [0.3, 0.4) is 0 Å². The van der Waals surface area contributed by atoms with Crippen molar-refractivity contribution in [3.8, 4) is 0 Å². The third-order valence-corrected chi connectivity index (χ3v) is 3.25. The van der Waals surface area contributed by atoms with Crippen LogP contribution in [0, 0.1) is 6.92 Å². The first kappa shape index (κ1) is 16.3. The average Bonchev–Trinajstić information content (AvgIpc) is 2.42. The Balaban J connectivity index is 3.17. The van der Waals surface area contributed by atoms with Crippen LogP contribution in [0.1, 0.15) is 24.5 Å². The first-order valence-corrected chi connectivity index (χ1v) is 6.98. The summed E-state index contributed by atoms with van der Waals surface area (Å²) in [5.41, 5.74) is 8.81. The monoisotopic (exact) mass is 278 g/mol. The van der Waals surface area contributed by atoms with Gasteiger partial charge in [0.15, 0.2) is 5.84 Å². The molecule has 3 N–H and O–H groups in total. The first-order chi connectivity index (χ1) is 9.51. The van der Waals surface area contributed by atoms with Crippen LogP contribution in [-0.4, -0.2) is 49.7 Å². The van der Waals surface area contributed by atoms with E-state index in [4.69, 9.17) is 10.9 Å². The molecule has 0 saturated heterocycles. The molecule has 112 valence electrons. The largest absolute Gasteiger partial charge is 0.409 e. The summed E-state index contributed by atoms with van der Waals surface area (Å²) in [6.45, 7) is 7.04. The number of likely N-dealkylation sites (N-methyl/N-ethyl adjacent to an activating group) is 1. The van der Waals surface area contributed by atoms with Crippen molar-refractivity contribution in [3.05, 3.63) is 29.3 Å². The normalized spacial score (nSPS) is 11.9. The minimum Gasteiger partial charge on any atom is -0.409 e. The fourth-order valence-corrected chi connectivity index (χ4v) is 2.27. The lowest BCUT2D eigenvalue weighted by atomic mass is 10.1. The zero-order valence-electron chi connectivity index (χ0n) is 12.9. The minimum absolute atomic E-state index is 0.162. The van der Waals surface area contributed by atoms with E-state index < -0.39 is 0 Å². The molecule has 0 amide bonds. The van der Waals surface area contributed by atoms with Crippen molar-refractivity contribution in [2.75, 3.05) is 38.6 Å². The molecule has 0 atom stereocenters.